The summed E-state index contributed by atoms with van der Waals surface area (Å²) in [5.41, 5.74) is 1.36. The molecule has 0 amide bonds. The molecule has 4 heteroatoms. The van der Waals surface area contributed by atoms with Crippen LogP contribution in [-0.2, 0) is 15.9 Å². The average molecular weight is 340 g/mol. The van der Waals surface area contributed by atoms with Gasteiger partial charge in [0.1, 0.15) is 0 Å². The first-order valence-corrected chi connectivity index (χ1v) is 9.56. The fraction of sp³-hybridized carbons (Fsp3) is 0.571. The van der Waals surface area contributed by atoms with Crippen LogP contribution in [0.15, 0.2) is 36.7 Å². The number of fused-ring (bicyclic) bond motifs is 1. The summed E-state index contributed by atoms with van der Waals surface area (Å²) in [7, 11) is 0. The van der Waals surface area contributed by atoms with Gasteiger partial charge in [0.2, 0.25) is 0 Å². The van der Waals surface area contributed by atoms with Crippen molar-refractivity contribution < 1.29 is 9.47 Å². The molecule has 4 rings (SSSR count). The SMILES string of the molecule is CC1([C@@H]2CCCN(CCCc3cncc4ccccc34)C2)OCCO1. The molecule has 2 aliphatic heterocycles. The van der Waals surface area contributed by atoms with Crippen molar-refractivity contribution in [3.63, 3.8) is 0 Å². The third kappa shape index (κ3) is 3.71. The lowest BCUT2D eigenvalue weighted by molar-refractivity contribution is -0.192. The lowest BCUT2D eigenvalue weighted by atomic mass is 9.90. The van der Waals surface area contributed by atoms with Crippen molar-refractivity contribution in [2.75, 3.05) is 32.8 Å². The van der Waals surface area contributed by atoms with Gasteiger partial charge in [0.05, 0.1) is 13.2 Å². The number of ether oxygens (including phenoxy) is 2. The maximum absolute atomic E-state index is 5.89. The highest BCUT2D eigenvalue weighted by atomic mass is 16.7. The summed E-state index contributed by atoms with van der Waals surface area (Å²) >= 11 is 0. The van der Waals surface area contributed by atoms with Crippen LogP contribution in [0.5, 0.6) is 0 Å². The molecule has 0 saturated carbocycles. The average Bonchev–Trinajstić information content (AvgIpc) is 3.10. The van der Waals surface area contributed by atoms with E-state index in [2.05, 4.69) is 41.1 Å². The van der Waals surface area contributed by atoms with Crippen molar-refractivity contribution in [2.24, 2.45) is 5.92 Å². The van der Waals surface area contributed by atoms with Gasteiger partial charge in [-0.3, -0.25) is 4.98 Å². The van der Waals surface area contributed by atoms with Crippen LogP contribution >= 0.6 is 0 Å². The molecule has 0 N–H and O–H groups in total. The molecule has 1 aromatic carbocycles. The number of piperidine rings is 1. The van der Waals surface area contributed by atoms with Crippen molar-refractivity contribution in [3.05, 3.63) is 42.2 Å². The Labute approximate surface area is 150 Å². The van der Waals surface area contributed by atoms with E-state index in [0.29, 0.717) is 5.92 Å². The normalized spacial score (nSPS) is 24.0. The number of likely N-dealkylation sites (tertiary alicyclic amines) is 1. The third-order valence-corrected chi connectivity index (χ3v) is 5.78. The van der Waals surface area contributed by atoms with Gasteiger partial charge in [0.25, 0.3) is 0 Å². The topological polar surface area (TPSA) is 34.6 Å². The lowest BCUT2D eigenvalue weighted by Crippen LogP contribution is -2.47. The summed E-state index contributed by atoms with van der Waals surface area (Å²) in [6, 6.07) is 8.54. The van der Waals surface area contributed by atoms with Crippen LogP contribution in [0.4, 0.5) is 0 Å². The van der Waals surface area contributed by atoms with Crippen molar-refractivity contribution in [1.29, 1.82) is 0 Å². The van der Waals surface area contributed by atoms with E-state index < -0.39 is 0 Å². The summed E-state index contributed by atoms with van der Waals surface area (Å²) in [5.74, 6) is 0.126. The molecule has 1 aromatic heterocycles. The van der Waals surface area contributed by atoms with Crippen molar-refractivity contribution in [2.45, 2.75) is 38.4 Å². The minimum atomic E-state index is -0.363. The van der Waals surface area contributed by atoms with E-state index in [-0.39, 0.29) is 5.79 Å². The Bertz CT molecular complexity index is 707. The number of aromatic nitrogens is 1. The van der Waals surface area contributed by atoms with E-state index in [4.69, 9.17) is 9.47 Å². The Hall–Kier alpha value is -1.49. The Morgan fingerprint density at radius 1 is 1.20 bits per heavy atom. The first-order chi connectivity index (χ1) is 12.2. The molecular formula is C21H28N2O2. The van der Waals surface area contributed by atoms with E-state index in [0.717, 1.165) is 32.7 Å². The van der Waals surface area contributed by atoms with E-state index in [1.807, 2.05) is 12.4 Å². The molecule has 2 saturated heterocycles. The second-order valence-electron chi connectivity index (χ2n) is 7.48. The van der Waals surface area contributed by atoms with Gasteiger partial charge in [0.15, 0.2) is 5.79 Å². The molecular weight excluding hydrogens is 312 g/mol. The van der Waals surface area contributed by atoms with Gasteiger partial charge in [-0.15, -0.1) is 0 Å². The standard InChI is InChI=1S/C21H28N2O2/c1-21(24-12-13-25-21)19-8-5-11-23(16-19)10-4-7-18-15-22-14-17-6-2-3-9-20(17)18/h2-3,6,9,14-15,19H,4-5,7-8,10-13,16H2,1H3/t19-/m1/s1. The predicted molar refractivity (Wildman–Crippen MR) is 99.5 cm³/mol. The Morgan fingerprint density at radius 2 is 2.04 bits per heavy atom. The first kappa shape index (κ1) is 17.0. The van der Waals surface area contributed by atoms with Crippen LogP contribution < -0.4 is 0 Å². The highest BCUT2D eigenvalue weighted by molar-refractivity contribution is 5.84. The third-order valence-electron chi connectivity index (χ3n) is 5.78. The maximum Gasteiger partial charge on any atom is 0.169 e. The first-order valence-electron chi connectivity index (χ1n) is 9.56. The summed E-state index contributed by atoms with van der Waals surface area (Å²) in [6.07, 6.45) is 8.68. The zero-order valence-corrected chi connectivity index (χ0v) is 15.1. The molecule has 134 valence electrons. The van der Waals surface area contributed by atoms with Crippen LogP contribution in [0.25, 0.3) is 10.8 Å². The number of hydrogen-bond acceptors (Lipinski definition) is 4. The Kier molecular flexibility index (Phi) is 5.02. The Morgan fingerprint density at radius 3 is 2.92 bits per heavy atom. The van der Waals surface area contributed by atoms with Crippen LogP contribution in [0.3, 0.4) is 0 Å². The number of benzene rings is 1. The van der Waals surface area contributed by atoms with Gasteiger partial charge in [-0.2, -0.15) is 0 Å². The molecule has 0 aliphatic carbocycles. The van der Waals surface area contributed by atoms with Crippen LogP contribution in [0, 0.1) is 5.92 Å². The zero-order chi connectivity index (χ0) is 17.1. The van der Waals surface area contributed by atoms with Gasteiger partial charge in [-0.25, -0.2) is 0 Å². The zero-order valence-electron chi connectivity index (χ0n) is 15.1. The summed E-state index contributed by atoms with van der Waals surface area (Å²) in [6.45, 7) is 7.01. The molecule has 4 nitrogen and oxygen atoms in total. The van der Waals surface area contributed by atoms with Crippen LogP contribution in [0.1, 0.15) is 31.7 Å². The molecule has 3 heterocycles. The van der Waals surface area contributed by atoms with Crippen molar-refractivity contribution >= 4 is 10.8 Å². The van der Waals surface area contributed by atoms with E-state index in [9.17, 15) is 0 Å². The number of aryl methyl sites for hydroxylation is 1. The van der Waals surface area contributed by atoms with Gasteiger partial charge in [-0.1, -0.05) is 24.3 Å². The summed E-state index contributed by atoms with van der Waals surface area (Å²) in [5, 5.41) is 2.58. The number of pyridine rings is 1. The number of rotatable bonds is 5. The van der Waals surface area contributed by atoms with E-state index >= 15 is 0 Å². The van der Waals surface area contributed by atoms with Crippen molar-refractivity contribution in [1.82, 2.24) is 9.88 Å². The second-order valence-corrected chi connectivity index (χ2v) is 7.48. The van der Waals surface area contributed by atoms with E-state index in [1.54, 1.807) is 0 Å². The largest absolute Gasteiger partial charge is 0.347 e. The summed E-state index contributed by atoms with van der Waals surface area (Å²) in [4.78, 5) is 6.99. The van der Waals surface area contributed by atoms with Gasteiger partial charge in [0, 0.05) is 30.2 Å². The second kappa shape index (κ2) is 7.40. The van der Waals surface area contributed by atoms with Crippen molar-refractivity contribution in [3.8, 4) is 0 Å². The Balaban J connectivity index is 1.33. The quantitative estimate of drug-likeness (QED) is 0.832. The smallest absolute Gasteiger partial charge is 0.169 e. The molecule has 0 unspecified atom stereocenters. The van der Waals surface area contributed by atoms with Gasteiger partial charge in [-0.05, 0) is 56.6 Å². The summed E-state index contributed by atoms with van der Waals surface area (Å²) < 4.78 is 11.8. The van der Waals surface area contributed by atoms with Gasteiger partial charge >= 0.3 is 0 Å². The highest BCUT2D eigenvalue weighted by Gasteiger charge is 2.41. The number of nitrogens with zero attached hydrogens (tertiary/aromatic N) is 2. The molecule has 0 radical (unpaired) electrons. The fourth-order valence-electron chi connectivity index (χ4n) is 4.32. The molecule has 1 atom stereocenters. The monoisotopic (exact) mass is 340 g/mol. The highest BCUT2D eigenvalue weighted by Crippen LogP contribution is 2.34. The molecule has 0 spiro atoms. The number of hydrogen-bond donors (Lipinski definition) is 0. The molecule has 0 bridgehead atoms. The predicted octanol–water partition coefficient (Wildman–Crippen LogP) is 3.64. The molecule has 2 aromatic rings. The molecule has 25 heavy (non-hydrogen) atoms. The van der Waals surface area contributed by atoms with Crippen LogP contribution in [-0.4, -0.2) is 48.5 Å². The van der Waals surface area contributed by atoms with Gasteiger partial charge < -0.3 is 14.4 Å². The van der Waals surface area contributed by atoms with Crippen LogP contribution in [0.2, 0.25) is 0 Å². The minimum absolute atomic E-state index is 0.363. The fourth-order valence-corrected chi connectivity index (χ4v) is 4.32. The lowest BCUT2D eigenvalue weighted by Gasteiger charge is -2.40. The van der Waals surface area contributed by atoms with E-state index in [1.165, 1.54) is 42.1 Å². The maximum atomic E-state index is 5.89. The molecule has 2 aliphatic rings. The minimum Gasteiger partial charge on any atom is -0.347 e. The molecule has 2 fully saturated rings.